The van der Waals surface area contributed by atoms with Gasteiger partial charge in [0.2, 0.25) is 0 Å². The van der Waals surface area contributed by atoms with Crippen LogP contribution in [0.4, 0.5) is 0 Å². The highest BCUT2D eigenvalue weighted by molar-refractivity contribution is 6.46. The lowest BCUT2D eigenvalue weighted by Gasteiger charge is -2.28. The van der Waals surface area contributed by atoms with Crippen molar-refractivity contribution in [2.75, 3.05) is 34.5 Å². The number of carbonyl (C=O) groups excluding carboxylic acids is 2. The van der Waals surface area contributed by atoms with Crippen molar-refractivity contribution < 1.29 is 33.6 Å². The first kappa shape index (κ1) is 23.3. The van der Waals surface area contributed by atoms with Gasteiger partial charge >= 0.3 is 0 Å². The maximum Gasteiger partial charge on any atom is 0.295 e. The summed E-state index contributed by atoms with van der Waals surface area (Å²) in [4.78, 5) is 27.3. The molecule has 0 saturated carbocycles. The number of methoxy groups -OCH3 is 3. The Morgan fingerprint density at radius 1 is 0.969 bits per heavy atom. The van der Waals surface area contributed by atoms with Crippen molar-refractivity contribution >= 4 is 17.4 Å². The van der Waals surface area contributed by atoms with Crippen molar-refractivity contribution in [3.8, 4) is 11.5 Å². The first-order valence-electron chi connectivity index (χ1n) is 10.2. The van der Waals surface area contributed by atoms with E-state index in [1.165, 1.54) is 26.2 Å². The highest BCUT2D eigenvalue weighted by Gasteiger charge is 2.46. The van der Waals surface area contributed by atoms with Crippen LogP contribution in [0.5, 0.6) is 11.5 Å². The van der Waals surface area contributed by atoms with E-state index < -0.39 is 24.0 Å². The molecule has 0 aliphatic carbocycles. The number of ether oxygens (including phenoxy) is 4. The molecule has 0 aromatic heterocycles. The van der Waals surface area contributed by atoms with Gasteiger partial charge in [0.05, 0.1) is 31.9 Å². The van der Waals surface area contributed by atoms with Gasteiger partial charge in [-0.3, -0.25) is 9.59 Å². The van der Waals surface area contributed by atoms with E-state index >= 15 is 0 Å². The zero-order valence-corrected chi connectivity index (χ0v) is 18.5. The number of ketones is 1. The number of carbonyl (C=O) groups is 2. The number of hydrogen-bond donors (Lipinski definition) is 1. The number of Topliss-reactive ketones (excluding diaryl/α,β-unsaturated/α-hetero) is 1. The van der Waals surface area contributed by atoms with E-state index in [4.69, 9.17) is 18.9 Å². The van der Waals surface area contributed by atoms with Gasteiger partial charge in [-0.2, -0.15) is 0 Å². The SMILES string of the molecule is CCOc1ccc([C@H]2C(=C(O)c3ccc(OC)cc3)C(=O)C(=O)N2CC(OC)OC)cc1. The fourth-order valence-corrected chi connectivity index (χ4v) is 3.64. The largest absolute Gasteiger partial charge is 0.507 e. The van der Waals surface area contributed by atoms with Gasteiger partial charge in [0.25, 0.3) is 11.7 Å². The van der Waals surface area contributed by atoms with E-state index in [0.717, 1.165) is 0 Å². The number of benzene rings is 2. The molecule has 1 N–H and O–H groups in total. The number of hydrogen-bond acceptors (Lipinski definition) is 7. The zero-order chi connectivity index (χ0) is 23.3. The molecule has 2 aromatic rings. The highest BCUT2D eigenvalue weighted by Crippen LogP contribution is 2.40. The molecule has 2 aromatic carbocycles. The van der Waals surface area contributed by atoms with E-state index in [1.54, 1.807) is 48.5 Å². The lowest BCUT2D eigenvalue weighted by Crippen LogP contribution is -2.38. The van der Waals surface area contributed by atoms with Crippen LogP contribution in [0.3, 0.4) is 0 Å². The second-order valence-corrected chi connectivity index (χ2v) is 7.08. The first-order chi connectivity index (χ1) is 15.4. The van der Waals surface area contributed by atoms with Crippen molar-refractivity contribution in [3.63, 3.8) is 0 Å². The summed E-state index contributed by atoms with van der Waals surface area (Å²) in [5.41, 5.74) is 1.04. The molecule has 1 aliphatic rings. The molecule has 0 radical (unpaired) electrons. The Kier molecular flexibility index (Phi) is 7.50. The molecule has 0 unspecified atom stereocenters. The minimum atomic E-state index is -0.819. The van der Waals surface area contributed by atoms with Crippen LogP contribution in [0.1, 0.15) is 24.1 Å². The third-order valence-electron chi connectivity index (χ3n) is 5.28. The van der Waals surface area contributed by atoms with E-state index in [0.29, 0.717) is 29.2 Å². The molecular weight excluding hydrogens is 414 g/mol. The summed E-state index contributed by atoms with van der Waals surface area (Å²) in [6.45, 7) is 2.40. The Labute approximate surface area is 187 Å². The van der Waals surface area contributed by atoms with E-state index in [2.05, 4.69) is 0 Å². The van der Waals surface area contributed by atoms with Gasteiger partial charge in [-0.15, -0.1) is 0 Å². The third-order valence-corrected chi connectivity index (χ3v) is 5.28. The van der Waals surface area contributed by atoms with Crippen LogP contribution in [-0.2, 0) is 19.1 Å². The van der Waals surface area contributed by atoms with Crippen LogP contribution in [0.2, 0.25) is 0 Å². The summed E-state index contributed by atoms with van der Waals surface area (Å²) in [6.07, 6.45) is -0.737. The summed E-state index contributed by atoms with van der Waals surface area (Å²) in [6, 6.07) is 12.8. The maximum atomic E-state index is 13.0. The van der Waals surface area contributed by atoms with Gasteiger partial charge in [-0.05, 0) is 48.9 Å². The van der Waals surface area contributed by atoms with Crippen LogP contribution >= 0.6 is 0 Å². The number of aliphatic hydroxyl groups is 1. The molecule has 1 heterocycles. The minimum Gasteiger partial charge on any atom is -0.507 e. The van der Waals surface area contributed by atoms with Crippen LogP contribution in [0, 0.1) is 0 Å². The van der Waals surface area contributed by atoms with Crippen LogP contribution < -0.4 is 9.47 Å². The predicted molar refractivity (Wildman–Crippen MR) is 117 cm³/mol. The monoisotopic (exact) mass is 441 g/mol. The van der Waals surface area contributed by atoms with Gasteiger partial charge in [-0.25, -0.2) is 0 Å². The molecular formula is C24H27NO7. The Balaban J connectivity index is 2.11. The normalized spacial score (nSPS) is 17.8. The lowest BCUT2D eigenvalue weighted by atomic mass is 9.95. The molecule has 8 heteroatoms. The Morgan fingerprint density at radius 2 is 1.56 bits per heavy atom. The van der Waals surface area contributed by atoms with E-state index in [9.17, 15) is 14.7 Å². The van der Waals surface area contributed by atoms with Crippen LogP contribution in [0.25, 0.3) is 5.76 Å². The van der Waals surface area contributed by atoms with Gasteiger partial charge in [0.1, 0.15) is 17.3 Å². The number of aliphatic hydroxyl groups excluding tert-OH is 1. The molecule has 8 nitrogen and oxygen atoms in total. The van der Waals surface area contributed by atoms with Gasteiger partial charge in [0.15, 0.2) is 6.29 Å². The van der Waals surface area contributed by atoms with Crippen LogP contribution in [0.15, 0.2) is 54.1 Å². The highest BCUT2D eigenvalue weighted by atomic mass is 16.7. The number of rotatable bonds is 9. The average molecular weight is 441 g/mol. The van der Waals surface area contributed by atoms with Gasteiger partial charge < -0.3 is 29.0 Å². The van der Waals surface area contributed by atoms with E-state index in [-0.39, 0.29) is 17.9 Å². The van der Waals surface area contributed by atoms with E-state index in [1.807, 2.05) is 6.92 Å². The predicted octanol–water partition coefficient (Wildman–Crippen LogP) is 3.13. The molecule has 1 amide bonds. The maximum absolute atomic E-state index is 13.0. The number of nitrogens with zero attached hydrogens (tertiary/aromatic N) is 1. The van der Waals surface area contributed by atoms with Crippen molar-refractivity contribution in [1.29, 1.82) is 0 Å². The first-order valence-corrected chi connectivity index (χ1v) is 10.2. The standard InChI is InChI=1S/C24H27NO7/c1-5-32-18-12-6-15(7-13-18)21-20(22(26)16-8-10-17(29-2)11-9-16)23(27)24(28)25(21)14-19(30-3)31-4/h6-13,19,21,26H,5,14H2,1-4H3/t21-/m0/s1. The molecule has 1 saturated heterocycles. The molecule has 1 aliphatic heterocycles. The van der Waals surface area contributed by atoms with Crippen molar-refractivity contribution in [2.24, 2.45) is 0 Å². The molecule has 1 atom stereocenters. The van der Waals surface area contributed by atoms with Crippen molar-refractivity contribution in [3.05, 3.63) is 65.2 Å². The van der Waals surface area contributed by atoms with Crippen molar-refractivity contribution in [2.45, 2.75) is 19.3 Å². The molecule has 3 rings (SSSR count). The summed E-state index contributed by atoms with van der Waals surface area (Å²) < 4.78 is 21.1. The molecule has 0 bridgehead atoms. The fourth-order valence-electron chi connectivity index (χ4n) is 3.64. The second kappa shape index (κ2) is 10.3. The van der Waals surface area contributed by atoms with Crippen molar-refractivity contribution in [1.82, 2.24) is 4.90 Å². The smallest absolute Gasteiger partial charge is 0.295 e. The molecule has 0 spiro atoms. The molecule has 1 fully saturated rings. The number of amides is 1. The van der Waals surface area contributed by atoms with Crippen LogP contribution in [-0.4, -0.2) is 62.5 Å². The summed E-state index contributed by atoms with van der Waals surface area (Å²) in [5.74, 6) is -0.511. The second-order valence-electron chi connectivity index (χ2n) is 7.08. The molecule has 32 heavy (non-hydrogen) atoms. The topological polar surface area (TPSA) is 94.5 Å². The average Bonchev–Trinajstić information content (AvgIpc) is 3.07. The number of likely N-dealkylation sites (tertiary alicyclic amines) is 1. The minimum absolute atomic E-state index is 0.00437. The summed E-state index contributed by atoms with van der Waals surface area (Å²) in [7, 11) is 4.44. The lowest BCUT2D eigenvalue weighted by molar-refractivity contribution is -0.149. The fraction of sp³-hybridized carbons (Fsp3) is 0.333. The summed E-state index contributed by atoms with van der Waals surface area (Å²) in [5, 5.41) is 11.1. The Bertz CT molecular complexity index is 978. The van der Waals surface area contributed by atoms with Gasteiger partial charge in [-0.1, -0.05) is 12.1 Å². The molecule has 170 valence electrons. The summed E-state index contributed by atoms with van der Waals surface area (Å²) >= 11 is 0. The zero-order valence-electron chi connectivity index (χ0n) is 18.5. The Hall–Kier alpha value is -3.36. The Morgan fingerprint density at radius 3 is 2.09 bits per heavy atom. The third kappa shape index (κ3) is 4.61. The van der Waals surface area contributed by atoms with Gasteiger partial charge in [0, 0.05) is 19.8 Å². The quantitative estimate of drug-likeness (QED) is 0.276.